The molecule has 1 aromatic heterocycles. The Morgan fingerprint density at radius 1 is 1.14 bits per heavy atom. The number of carbonyl (C=O) groups excluding carboxylic acids is 3. The van der Waals surface area contributed by atoms with Gasteiger partial charge in [-0.25, -0.2) is 4.79 Å². The highest BCUT2D eigenvalue weighted by Gasteiger charge is 2.31. The molecule has 7 heteroatoms. The Morgan fingerprint density at radius 2 is 1.79 bits per heavy atom. The first kappa shape index (κ1) is 22.1. The lowest BCUT2D eigenvalue weighted by molar-refractivity contribution is -0.137. The lowest BCUT2D eigenvalue weighted by Crippen LogP contribution is -2.46. The number of ether oxygens (including phenoxy) is 2. The maximum Gasteiger partial charge on any atom is 0.355 e. The van der Waals surface area contributed by atoms with Crippen LogP contribution >= 0.6 is 0 Å². The van der Waals surface area contributed by atoms with Gasteiger partial charge in [0.1, 0.15) is 12.3 Å². The van der Waals surface area contributed by atoms with Crippen molar-refractivity contribution >= 4 is 17.7 Å². The number of carbonyl (C=O) groups is 3. The number of hydrogen-bond acceptors (Lipinski definition) is 5. The summed E-state index contributed by atoms with van der Waals surface area (Å²) in [5, 5.41) is 0. The predicted molar refractivity (Wildman–Crippen MR) is 106 cm³/mol. The van der Waals surface area contributed by atoms with E-state index in [1.807, 2.05) is 6.92 Å². The molecule has 0 saturated heterocycles. The van der Waals surface area contributed by atoms with Crippen LogP contribution < -0.4 is 0 Å². The van der Waals surface area contributed by atoms with E-state index in [1.54, 1.807) is 30.4 Å². The van der Waals surface area contributed by atoms with Gasteiger partial charge in [-0.1, -0.05) is 19.3 Å². The van der Waals surface area contributed by atoms with Gasteiger partial charge >= 0.3 is 5.97 Å². The van der Waals surface area contributed by atoms with E-state index in [2.05, 4.69) is 0 Å². The van der Waals surface area contributed by atoms with Crippen LogP contribution in [0.5, 0.6) is 0 Å². The molecule has 0 spiro atoms. The fourth-order valence-corrected chi connectivity index (χ4v) is 4.13. The number of aromatic nitrogens is 1. The molecule has 1 saturated carbocycles. The molecule has 0 aliphatic heterocycles. The summed E-state index contributed by atoms with van der Waals surface area (Å²) >= 11 is 0. The van der Waals surface area contributed by atoms with Crippen LogP contribution in [0.2, 0.25) is 0 Å². The topological polar surface area (TPSA) is 77.8 Å². The standard InChI is InChI=1S/C21H32N2O5/c1-6-28-21(26)20-14(2)19(15(3)22(20)4)17(24)12-23(18(25)13-27-5)16-10-8-7-9-11-16/h16H,6-13H2,1-5H3. The normalized spacial score (nSPS) is 14.8. The molecule has 7 nitrogen and oxygen atoms in total. The average molecular weight is 392 g/mol. The molecule has 1 aromatic rings. The minimum absolute atomic E-state index is 0.000812. The lowest BCUT2D eigenvalue weighted by atomic mass is 9.93. The zero-order valence-corrected chi connectivity index (χ0v) is 17.7. The molecular weight excluding hydrogens is 360 g/mol. The Morgan fingerprint density at radius 3 is 2.36 bits per heavy atom. The number of esters is 1. The van der Waals surface area contributed by atoms with Gasteiger partial charge in [0, 0.05) is 31.5 Å². The molecule has 1 fully saturated rings. The van der Waals surface area contributed by atoms with E-state index in [9.17, 15) is 14.4 Å². The fraction of sp³-hybridized carbons (Fsp3) is 0.667. The molecule has 1 aliphatic carbocycles. The van der Waals surface area contributed by atoms with Gasteiger partial charge in [-0.15, -0.1) is 0 Å². The molecule has 0 N–H and O–H groups in total. The first-order valence-electron chi connectivity index (χ1n) is 9.98. The minimum atomic E-state index is -0.441. The first-order valence-corrected chi connectivity index (χ1v) is 9.98. The predicted octanol–water partition coefficient (Wildman–Crippen LogP) is 2.81. The molecular formula is C21H32N2O5. The molecule has 28 heavy (non-hydrogen) atoms. The summed E-state index contributed by atoms with van der Waals surface area (Å²) in [5.74, 6) is -0.764. The van der Waals surface area contributed by atoms with Gasteiger partial charge in [-0.05, 0) is 39.2 Å². The van der Waals surface area contributed by atoms with Crippen LogP contribution in [0, 0.1) is 13.8 Å². The van der Waals surface area contributed by atoms with Gasteiger partial charge in [-0.2, -0.15) is 0 Å². The number of Topliss-reactive ketones (excluding diaryl/α,β-unsaturated/α-hetero) is 1. The summed E-state index contributed by atoms with van der Waals surface area (Å²) in [6.07, 6.45) is 5.10. The van der Waals surface area contributed by atoms with Gasteiger partial charge in [0.25, 0.3) is 0 Å². The molecule has 0 bridgehead atoms. The van der Waals surface area contributed by atoms with Crippen LogP contribution in [0.1, 0.15) is 71.1 Å². The highest BCUT2D eigenvalue weighted by molar-refractivity contribution is 6.04. The third-order valence-electron chi connectivity index (χ3n) is 5.60. The summed E-state index contributed by atoms with van der Waals surface area (Å²) in [6, 6.07) is 0.0641. The van der Waals surface area contributed by atoms with Gasteiger partial charge in [0.15, 0.2) is 5.78 Å². The molecule has 1 amide bonds. The van der Waals surface area contributed by atoms with Gasteiger partial charge < -0.3 is 18.9 Å². The van der Waals surface area contributed by atoms with Crippen LogP contribution in [0.15, 0.2) is 0 Å². The number of rotatable bonds is 8. The highest BCUT2D eigenvalue weighted by Crippen LogP contribution is 2.26. The Balaban J connectivity index is 2.31. The largest absolute Gasteiger partial charge is 0.461 e. The van der Waals surface area contributed by atoms with E-state index in [-0.39, 0.29) is 37.5 Å². The summed E-state index contributed by atoms with van der Waals surface area (Å²) in [5.41, 5.74) is 2.19. The van der Waals surface area contributed by atoms with Gasteiger partial charge in [0.05, 0.1) is 13.2 Å². The SMILES string of the molecule is CCOC(=O)c1c(C)c(C(=O)CN(C(=O)COC)C2CCCCC2)c(C)n1C. The van der Waals surface area contributed by atoms with E-state index in [4.69, 9.17) is 9.47 Å². The Labute approximate surface area is 167 Å². The van der Waals surface area contributed by atoms with Crippen molar-refractivity contribution in [2.75, 3.05) is 26.9 Å². The number of methoxy groups -OCH3 is 1. The number of hydrogen-bond donors (Lipinski definition) is 0. The zero-order valence-electron chi connectivity index (χ0n) is 17.7. The Hall–Kier alpha value is -2.15. The second-order valence-electron chi connectivity index (χ2n) is 7.38. The Bertz CT molecular complexity index is 732. The molecule has 0 unspecified atom stereocenters. The smallest absolute Gasteiger partial charge is 0.355 e. The monoisotopic (exact) mass is 392 g/mol. The zero-order chi connectivity index (χ0) is 20.8. The van der Waals surface area contributed by atoms with Crippen LogP contribution in [0.25, 0.3) is 0 Å². The second kappa shape index (κ2) is 9.87. The molecule has 1 aliphatic rings. The van der Waals surface area contributed by atoms with Crippen LogP contribution in [-0.4, -0.2) is 60.0 Å². The van der Waals surface area contributed by atoms with Crippen molar-refractivity contribution in [2.24, 2.45) is 7.05 Å². The molecule has 2 rings (SSSR count). The second-order valence-corrected chi connectivity index (χ2v) is 7.38. The van der Waals surface area contributed by atoms with Gasteiger partial charge in [-0.3, -0.25) is 9.59 Å². The number of nitrogens with zero attached hydrogens (tertiary/aromatic N) is 2. The minimum Gasteiger partial charge on any atom is -0.461 e. The van der Waals surface area contributed by atoms with Crippen molar-refractivity contribution < 1.29 is 23.9 Å². The maximum atomic E-state index is 13.2. The molecule has 0 radical (unpaired) electrons. The summed E-state index contributed by atoms with van der Waals surface area (Å²) in [6.45, 7) is 5.55. The molecule has 0 aromatic carbocycles. The van der Waals surface area contributed by atoms with E-state index in [0.29, 0.717) is 22.5 Å². The average Bonchev–Trinajstić information content (AvgIpc) is 2.89. The van der Waals surface area contributed by atoms with Crippen LogP contribution in [-0.2, 0) is 21.3 Å². The van der Waals surface area contributed by atoms with E-state index < -0.39 is 5.97 Å². The molecule has 1 heterocycles. The van der Waals surface area contributed by atoms with Crippen molar-refractivity contribution in [3.8, 4) is 0 Å². The Kier molecular flexibility index (Phi) is 7.80. The van der Waals surface area contributed by atoms with E-state index in [0.717, 1.165) is 32.1 Å². The quantitative estimate of drug-likeness (QED) is 0.502. The molecule has 156 valence electrons. The maximum absolute atomic E-state index is 13.2. The summed E-state index contributed by atoms with van der Waals surface area (Å²) in [7, 11) is 3.23. The molecule has 0 atom stereocenters. The summed E-state index contributed by atoms with van der Waals surface area (Å²) in [4.78, 5) is 39.8. The van der Waals surface area contributed by atoms with Gasteiger partial charge in [0.2, 0.25) is 5.91 Å². The van der Waals surface area contributed by atoms with Crippen LogP contribution in [0.4, 0.5) is 0 Å². The third kappa shape index (κ3) is 4.63. The summed E-state index contributed by atoms with van der Waals surface area (Å²) < 4.78 is 11.9. The van der Waals surface area contributed by atoms with Crippen molar-refractivity contribution in [3.05, 3.63) is 22.5 Å². The fourth-order valence-electron chi connectivity index (χ4n) is 4.13. The van der Waals surface area contributed by atoms with Crippen molar-refractivity contribution in [3.63, 3.8) is 0 Å². The van der Waals surface area contributed by atoms with Crippen molar-refractivity contribution in [1.82, 2.24) is 9.47 Å². The highest BCUT2D eigenvalue weighted by atomic mass is 16.5. The van der Waals surface area contributed by atoms with E-state index in [1.165, 1.54) is 7.11 Å². The number of ketones is 1. The number of amides is 1. The first-order chi connectivity index (χ1) is 13.3. The van der Waals surface area contributed by atoms with Crippen LogP contribution in [0.3, 0.4) is 0 Å². The lowest BCUT2D eigenvalue weighted by Gasteiger charge is -2.34. The van der Waals surface area contributed by atoms with E-state index >= 15 is 0 Å². The van der Waals surface area contributed by atoms with Crippen molar-refractivity contribution in [1.29, 1.82) is 0 Å². The third-order valence-corrected chi connectivity index (χ3v) is 5.60. The van der Waals surface area contributed by atoms with Crippen molar-refractivity contribution in [2.45, 2.75) is 58.9 Å².